The predicted octanol–water partition coefficient (Wildman–Crippen LogP) is 2.94. The van der Waals surface area contributed by atoms with E-state index in [1.54, 1.807) is 18.2 Å². The summed E-state index contributed by atoms with van der Waals surface area (Å²) in [6.45, 7) is 6.50. The Morgan fingerprint density at radius 2 is 2.15 bits per heavy atom. The van der Waals surface area contributed by atoms with Gasteiger partial charge < -0.3 is 10.0 Å². The first-order valence-corrected chi connectivity index (χ1v) is 7.13. The van der Waals surface area contributed by atoms with Gasteiger partial charge >= 0.3 is 0 Å². The minimum absolute atomic E-state index is 0.0228. The van der Waals surface area contributed by atoms with Crippen LogP contribution < -0.4 is 0 Å². The zero-order chi connectivity index (χ0) is 15.1. The fraction of sp³-hybridized carbons (Fsp3) is 0.438. The number of aliphatic hydroxyl groups excluding tert-OH is 1. The van der Waals surface area contributed by atoms with Crippen LogP contribution in [-0.4, -0.2) is 35.1 Å². The molecule has 20 heavy (non-hydrogen) atoms. The molecule has 1 rings (SSSR count). The summed E-state index contributed by atoms with van der Waals surface area (Å²) in [5.74, 6) is 5.27. The Kier molecular flexibility index (Phi) is 6.57. The van der Waals surface area contributed by atoms with Crippen molar-refractivity contribution in [1.82, 2.24) is 4.90 Å². The third-order valence-corrected chi connectivity index (χ3v) is 3.56. The SMILES string of the molecule is CCC(C)N(CC)C(=O)c1ccc(C#CCO)c(Cl)c1. The highest BCUT2D eigenvalue weighted by molar-refractivity contribution is 6.32. The van der Waals surface area contributed by atoms with E-state index < -0.39 is 0 Å². The van der Waals surface area contributed by atoms with Crippen LogP contribution in [0.2, 0.25) is 5.02 Å². The molecule has 0 radical (unpaired) electrons. The Morgan fingerprint density at radius 1 is 1.45 bits per heavy atom. The van der Waals surface area contributed by atoms with Crippen LogP contribution in [0.25, 0.3) is 0 Å². The zero-order valence-corrected chi connectivity index (χ0v) is 12.9. The van der Waals surface area contributed by atoms with Crippen LogP contribution >= 0.6 is 11.6 Å². The fourth-order valence-electron chi connectivity index (χ4n) is 1.93. The highest BCUT2D eigenvalue weighted by Gasteiger charge is 2.19. The van der Waals surface area contributed by atoms with E-state index in [1.807, 2.05) is 18.7 Å². The Bertz CT molecular complexity index is 531. The van der Waals surface area contributed by atoms with Gasteiger partial charge in [-0.2, -0.15) is 0 Å². The van der Waals surface area contributed by atoms with Crippen LogP contribution in [0, 0.1) is 11.8 Å². The Labute approximate surface area is 125 Å². The van der Waals surface area contributed by atoms with E-state index in [4.69, 9.17) is 16.7 Å². The van der Waals surface area contributed by atoms with Crippen molar-refractivity contribution < 1.29 is 9.90 Å². The number of rotatable bonds is 4. The maximum atomic E-state index is 12.4. The number of hydrogen-bond acceptors (Lipinski definition) is 2. The van der Waals surface area contributed by atoms with E-state index in [1.165, 1.54) is 0 Å². The standard InChI is InChI=1S/C16H20ClNO2/c1-4-12(3)18(5-2)16(20)14-9-8-13(7-6-10-19)15(17)11-14/h8-9,11-12,19H,4-5,10H2,1-3H3. The molecule has 1 atom stereocenters. The molecule has 0 bridgehead atoms. The molecule has 0 aliphatic carbocycles. The number of aliphatic hydroxyl groups is 1. The summed E-state index contributed by atoms with van der Waals surface area (Å²) < 4.78 is 0. The summed E-state index contributed by atoms with van der Waals surface area (Å²) in [5.41, 5.74) is 1.18. The minimum atomic E-state index is -0.214. The lowest BCUT2D eigenvalue weighted by atomic mass is 10.1. The second-order valence-electron chi connectivity index (χ2n) is 4.50. The molecule has 0 heterocycles. The van der Waals surface area contributed by atoms with Crippen molar-refractivity contribution in [1.29, 1.82) is 0 Å². The summed E-state index contributed by atoms with van der Waals surface area (Å²) in [6, 6.07) is 5.26. The second kappa shape index (κ2) is 7.94. The van der Waals surface area contributed by atoms with Crippen molar-refractivity contribution in [2.24, 2.45) is 0 Å². The van der Waals surface area contributed by atoms with Gasteiger partial charge in [-0.15, -0.1) is 0 Å². The molecule has 0 saturated carbocycles. The summed E-state index contributed by atoms with van der Waals surface area (Å²) in [6.07, 6.45) is 0.910. The first kappa shape index (κ1) is 16.6. The fourth-order valence-corrected chi connectivity index (χ4v) is 2.15. The van der Waals surface area contributed by atoms with Gasteiger partial charge in [0.05, 0.1) is 5.02 Å². The number of nitrogens with zero attached hydrogens (tertiary/aromatic N) is 1. The third-order valence-electron chi connectivity index (χ3n) is 3.24. The van der Waals surface area contributed by atoms with Crippen molar-refractivity contribution in [2.45, 2.75) is 33.2 Å². The third kappa shape index (κ3) is 4.00. The predicted molar refractivity (Wildman–Crippen MR) is 81.9 cm³/mol. The average Bonchev–Trinajstić information content (AvgIpc) is 2.46. The molecule has 3 nitrogen and oxygen atoms in total. The summed E-state index contributed by atoms with van der Waals surface area (Å²) in [4.78, 5) is 14.3. The number of carbonyl (C=O) groups is 1. The quantitative estimate of drug-likeness (QED) is 0.867. The normalized spacial score (nSPS) is 11.4. The van der Waals surface area contributed by atoms with E-state index in [0.29, 0.717) is 22.7 Å². The lowest BCUT2D eigenvalue weighted by molar-refractivity contribution is 0.0700. The van der Waals surface area contributed by atoms with Gasteiger partial charge in [-0.25, -0.2) is 0 Å². The first-order chi connectivity index (χ1) is 9.54. The highest BCUT2D eigenvalue weighted by Crippen LogP contribution is 2.19. The molecular weight excluding hydrogens is 274 g/mol. The Balaban J connectivity index is 3.02. The van der Waals surface area contributed by atoms with Crippen molar-refractivity contribution >= 4 is 17.5 Å². The van der Waals surface area contributed by atoms with Gasteiger partial charge in [-0.3, -0.25) is 4.79 Å². The monoisotopic (exact) mass is 293 g/mol. The number of carbonyl (C=O) groups excluding carboxylic acids is 1. The Morgan fingerprint density at radius 3 is 2.65 bits per heavy atom. The van der Waals surface area contributed by atoms with Gasteiger partial charge in [0.15, 0.2) is 0 Å². The molecule has 0 saturated heterocycles. The molecule has 1 aromatic rings. The summed E-state index contributed by atoms with van der Waals surface area (Å²) in [5, 5.41) is 9.10. The van der Waals surface area contributed by atoms with E-state index in [0.717, 1.165) is 6.42 Å². The molecule has 108 valence electrons. The molecule has 1 N–H and O–H groups in total. The van der Waals surface area contributed by atoms with Crippen molar-refractivity contribution in [3.63, 3.8) is 0 Å². The molecule has 1 amide bonds. The maximum Gasteiger partial charge on any atom is 0.254 e. The van der Waals surface area contributed by atoms with Crippen LogP contribution in [0.4, 0.5) is 0 Å². The van der Waals surface area contributed by atoms with Crippen LogP contribution in [0.1, 0.15) is 43.1 Å². The molecule has 0 fully saturated rings. The molecule has 0 aromatic heterocycles. The summed E-state index contributed by atoms with van der Waals surface area (Å²) >= 11 is 6.12. The molecule has 0 spiro atoms. The van der Waals surface area contributed by atoms with Gasteiger partial charge in [0.2, 0.25) is 0 Å². The van der Waals surface area contributed by atoms with E-state index in [2.05, 4.69) is 18.8 Å². The van der Waals surface area contributed by atoms with E-state index in [9.17, 15) is 4.79 Å². The van der Waals surface area contributed by atoms with Crippen molar-refractivity contribution in [3.8, 4) is 11.8 Å². The lowest BCUT2D eigenvalue weighted by Gasteiger charge is -2.27. The van der Waals surface area contributed by atoms with Crippen LogP contribution in [0.3, 0.4) is 0 Å². The van der Waals surface area contributed by atoms with Crippen LogP contribution in [0.5, 0.6) is 0 Å². The van der Waals surface area contributed by atoms with Crippen LogP contribution in [0.15, 0.2) is 18.2 Å². The molecule has 1 unspecified atom stereocenters. The smallest absolute Gasteiger partial charge is 0.254 e. The topological polar surface area (TPSA) is 40.5 Å². The first-order valence-electron chi connectivity index (χ1n) is 6.75. The Hall–Kier alpha value is -1.50. The van der Waals surface area contributed by atoms with Gasteiger partial charge in [0, 0.05) is 23.7 Å². The molecule has 4 heteroatoms. The van der Waals surface area contributed by atoms with Gasteiger partial charge in [-0.05, 0) is 38.5 Å². The van der Waals surface area contributed by atoms with E-state index >= 15 is 0 Å². The largest absolute Gasteiger partial charge is 0.384 e. The number of benzene rings is 1. The van der Waals surface area contributed by atoms with Crippen molar-refractivity contribution in [3.05, 3.63) is 34.3 Å². The number of hydrogen-bond donors (Lipinski definition) is 1. The molecule has 0 aliphatic rings. The average molecular weight is 294 g/mol. The van der Waals surface area contributed by atoms with Crippen molar-refractivity contribution in [2.75, 3.05) is 13.2 Å². The van der Waals surface area contributed by atoms with Gasteiger partial charge in [0.1, 0.15) is 6.61 Å². The molecular formula is C16H20ClNO2. The highest BCUT2D eigenvalue weighted by atomic mass is 35.5. The lowest BCUT2D eigenvalue weighted by Crippen LogP contribution is -2.38. The number of halogens is 1. The van der Waals surface area contributed by atoms with E-state index in [-0.39, 0.29) is 18.6 Å². The van der Waals surface area contributed by atoms with Crippen LogP contribution in [-0.2, 0) is 0 Å². The number of amides is 1. The maximum absolute atomic E-state index is 12.4. The minimum Gasteiger partial charge on any atom is -0.384 e. The second-order valence-corrected chi connectivity index (χ2v) is 4.91. The zero-order valence-electron chi connectivity index (χ0n) is 12.1. The molecule has 0 aliphatic heterocycles. The molecule has 1 aromatic carbocycles. The van der Waals surface area contributed by atoms with Gasteiger partial charge in [0.25, 0.3) is 5.91 Å². The van der Waals surface area contributed by atoms with Gasteiger partial charge in [-0.1, -0.05) is 30.4 Å². The summed E-state index contributed by atoms with van der Waals surface area (Å²) in [7, 11) is 0.